The van der Waals surface area contributed by atoms with E-state index in [2.05, 4.69) is 16.8 Å². The lowest BCUT2D eigenvalue weighted by molar-refractivity contribution is 0.121. The van der Waals surface area contributed by atoms with E-state index >= 15 is 0 Å². The number of oxazole rings is 1. The lowest BCUT2D eigenvalue weighted by Gasteiger charge is -2.37. The highest BCUT2D eigenvalue weighted by Gasteiger charge is 2.26. The number of hydrogen-bond donors (Lipinski definition) is 1. The van der Waals surface area contributed by atoms with Crippen molar-refractivity contribution < 1.29 is 4.42 Å². The summed E-state index contributed by atoms with van der Waals surface area (Å²) in [6, 6.07) is 8.17. The molecule has 0 bridgehead atoms. The second kappa shape index (κ2) is 8.15. The first-order valence-electron chi connectivity index (χ1n) is 7.83. The maximum atomic E-state index is 6.12. The summed E-state index contributed by atoms with van der Waals surface area (Å²) in [5, 5.41) is 0.685. The maximum absolute atomic E-state index is 6.12. The Morgan fingerprint density at radius 1 is 1.43 bits per heavy atom. The summed E-state index contributed by atoms with van der Waals surface area (Å²) in [7, 11) is 0. The van der Waals surface area contributed by atoms with Gasteiger partial charge in [0.1, 0.15) is 6.26 Å². The van der Waals surface area contributed by atoms with Crippen molar-refractivity contribution in [1.82, 2.24) is 9.88 Å². The zero-order valence-corrected chi connectivity index (χ0v) is 14.8. The van der Waals surface area contributed by atoms with Crippen molar-refractivity contribution in [2.24, 2.45) is 5.73 Å². The fourth-order valence-corrected chi connectivity index (χ4v) is 3.34. The Kier molecular flexibility index (Phi) is 6.48. The zero-order chi connectivity index (χ0) is 15.5. The molecule has 0 aliphatic carbocycles. The van der Waals surface area contributed by atoms with Crippen LogP contribution in [0.25, 0.3) is 11.5 Å². The SMILES string of the molecule is CC(N)C1CCCCN1Cc1coc(-c2cccc(Cl)c2)n1.Cl. The third-order valence-corrected chi connectivity index (χ3v) is 4.49. The normalized spacial score (nSPS) is 20.0. The minimum atomic E-state index is 0. The monoisotopic (exact) mass is 355 g/mol. The fourth-order valence-electron chi connectivity index (χ4n) is 3.15. The van der Waals surface area contributed by atoms with Crippen molar-refractivity contribution in [3.8, 4) is 11.5 Å². The Morgan fingerprint density at radius 3 is 3.00 bits per heavy atom. The van der Waals surface area contributed by atoms with Gasteiger partial charge in [0.15, 0.2) is 0 Å². The molecule has 0 amide bonds. The van der Waals surface area contributed by atoms with E-state index in [1.165, 1.54) is 12.8 Å². The van der Waals surface area contributed by atoms with E-state index in [9.17, 15) is 0 Å². The molecule has 1 aromatic heterocycles. The number of aromatic nitrogens is 1. The fraction of sp³-hybridized carbons (Fsp3) is 0.471. The largest absolute Gasteiger partial charge is 0.444 e. The van der Waals surface area contributed by atoms with Gasteiger partial charge in [-0.1, -0.05) is 24.1 Å². The van der Waals surface area contributed by atoms with Gasteiger partial charge in [0, 0.05) is 29.2 Å². The molecule has 2 aromatic rings. The van der Waals surface area contributed by atoms with Crippen LogP contribution in [-0.4, -0.2) is 28.5 Å². The van der Waals surface area contributed by atoms with Crippen LogP contribution in [0.1, 0.15) is 31.9 Å². The van der Waals surface area contributed by atoms with Crippen molar-refractivity contribution in [2.75, 3.05) is 6.54 Å². The van der Waals surface area contributed by atoms with Crippen molar-refractivity contribution in [1.29, 1.82) is 0 Å². The van der Waals surface area contributed by atoms with Crippen LogP contribution in [-0.2, 0) is 6.54 Å². The van der Waals surface area contributed by atoms with Crippen LogP contribution in [0.3, 0.4) is 0 Å². The molecule has 1 saturated heterocycles. The summed E-state index contributed by atoms with van der Waals surface area (Å²) < 4.78 is 5.62. The van der Waals surface area contributed by atoms with Crippen molar-refractivity contribution in [2.45, 2.75) is 44.8 Å². The van der Waals surface area contributed by atoms with E-state index in [-0.39, 0.29) is 18.4 Å². The third-order valence-electron chi connectivity index (χ3n) is 4.26. The summed E-state index contributed by atoms with van der Waals surface area (Å²) in [5.41, 5.74) is 7.97. The predicted molar refractivity (Wildman–Crippen MR) is 95.9 cm³/mol. The topological polar surface area (TPSA) is 55.3 Å². The van der Waals surface area contributed by atoms with E-state index in [1.54, 1.807) is 6.26 Å². The summed E-state index contributed by atoms with van der Waals surface area (Å²) in [6.45, 7) is 3.95. The van der Waals surface area contributed by atoms with Gasteiger partial charge in [0.25, 0.3) is 0 Å². The highest BCUT2D eigenvalue weighted by atomic mass is 35.5. The van der Waals surface area contributed by atoms with E-state index in [0.717, 1.165) is 30.8 Å². The van der Waals surface area contributed by atoms with E-state index in [0.29, 0.717) is 17.0 Å². The first kappa shape index (κ1) is 18.3. The van der Waals surface area contributed by atoms with Crippen LogP contribution in [0.2, 0.25) is 5.02 Å². The number of halogens is 2. The first-order chi connectivity index (χ1) is 10.6. The predicted octanol–water partition coefficient (Wildman–Crippen LogP) is 4.12. The van der Waals surface area contributed by atoms with Gasteiger partial charge in [-0.05, 0) is 44.5 Å². The van der Waals surface area contributed by atoms with Gasteiger partial charge in [-0.25, -0.2) is 4.98 Å². The lowest BCUT2D eigenvalue weighted by atomic mass is 9.97. The highest BCUT2D eigenvalue weighted by Crippen LogP contribution is 2.25. The number of nitrogens with zero attached hydrogens (tertiary/aromatic N) is 2. The van der Waals surface area contributed by atoms with Crippen LogP contribution >= 0.6 is 24.0 Å². The van der Waals surface area contributed by atoms with Gasteiger partial charge < -0.3 is 10.2 Å². The van der Waals surface area contributed by atoms with Crippen molar-refractivity contribution >= 4 is 24.0 Å². The second-order valence-electron chi connectivity index (χ2n) is 6.05. The number of rotatable bonds is 4. The maximum Gasteiger partial charge on any atom is 0.226 e. The molecule has 1 aliphatic heterocycles. The molecule has 1 aromatic carbocycles. The Bertz CT molecular complexity index is 630. The molecule has 2 unspecified atom stereocenters. The minimum Gasteiger partial charge on any atom is -0.444 e. The molecule has 0 radical (unpaired) electrons. The summed E-state index contributed by atoms with van der Waals surface area (Å²) >= 11 is 6.02. The summed E-state index contributed by atoms with van der Waals surface area (Å²) in [6.07, 6.45) is 5.39. The molecular formula is C17H23Cl2N3O. The number of hydrogen-bond acceptors (Lipinski definition) is 4. The van der Waals surface area contributed by atoms with Crippen LogP contribution in [0.4, 0.5) is 0 Å². The smallest absolute Gasteiger partial charge is 0.226 e. The van der Waals surface area contributed by atoms with Gasteiger partial charge in [0.2, 0.25) is 5.89 Å². The molecular weight excluding hydrogens is 333 g/mol. The van der Waals surface area contributed by atoms with Gasteiger partial charge in [-0.2, -0.15) is 0 Å². The average Bonchev–Trinajstić information content (AvgIpc) is 2.96. The molecule has 0 spiro atoms. The number of nitrogens with two attached hydrogens (primary N) is 1. The van der Waals surface area contributed by atoms with Crippen LogP contribution < -0.4 is 5.73 Å². The molecule has 2 atom stereocenters. The van der Waals surface area contributed by atoms with E-state index in [4.69, 9.17) is 21.8 Å². The second-order valence-corrected chi connectivity index (χ2v) is 6.48. The average molecular weight is 356 g/mol. The highest BCUT2D eigenvalue weighted by molar-refractivity contribution is 6.30. The number of benzene rings is 1. The molecule has 23 heavy (non-hydrogen) atoms. The van der Waals surface area contributed by atoms with Gasteiger partial charge >= 0.3 is 0 Å². The first-order valence-corrected chi connectivity index (χ1v) is 8.21. The lowest BCUT2D eigenvalue weighted by Crippen LogP contribution is -2.48. The molecule has 126 valence electrons. The molecule has 6 heteroatoms. The zero-order valence-electron chi connectivity index (χ0n) is 13.2. The van der Waals surface area contributed by atoms with E-state index in [1.807, 2.05) is 24.3 Å². The summed E-state index contributed by atoms with van der Waals surface area (Å²) in [5.74, 6) is 0.617. The molecule has 1 aliphatic rings. The van der Waals surface area contributed by atoms with Crippen LogP contribution in [0.5, 0.6) is 0 Å². The molecule has 4 nitrogen and oxygen atoms in total. The Balaban J connectivity index is 0.00000192. The number of piperidine rings is 1. The Morgan fingerprint density at radius 2 is 2.26 bits per heavy atom. The van der Waals surface area contributed by atoms with Crippen molar-refractivity contribution in [3.05, 3.63) is 41.2 Å². The quantitative estimate of drug-likeness (QED) is 0.895. The third kappa shape index (κ3) is 4.48. The molecule has 3 rings (SSSR count). The van der Waals surface area contributed by atoms with E-state index < -0.39 is 0 Å². The van der Waals surface area contributed by atoms with Gasteiger partial charge in [0.05, 0.1) is 5.69 Å². The Labute approximate surface area is 148 Å². The minimum absolute atomic E-state index is 0. The van der Waals surface area contributed by atoms with Gasteiger partial charge in [-0.3, -0.25) is 4.90 Å². The van der Waals surface area contributed by atoms with Gasteiger partial charge in [-0.15, -0.1) is 12.4 Å². The Hall–Kier alpha value is -1.07. The standard InChI is InChI=1S/C17H22ClN3O.ClH/c1-12(19)16-7-2-3-8-21(16)10-15-11-22-17(20-15)13-5-4-6-14(18)9-13;/h4-6,9,11-12,16H,2-3,7-8,10,19H2,1H3;1H. The van der Waals surface area contributed by atoms with Crippen LogP contribution in [0.15, 0.2) is 34.9 Å². The van der Waals surface area contributed by atoms with Crippen LogP contribution in [0, 0.1) is 0 Å². The number of likely N-dealkylation sites (tertiary alicyclic amines) is 1. The molecule has 2 heterocycles. The molecule has 1 fully saturated rings. The molecule has 0 saturated carbocycles. The van der Waals surface area contributed by atoms with Crippen molar-refractivity contribution in [3.63, 3.8) is 0 Å². The molecule has 2 N–H and O–H groups in total. The summed E-state index contributed by atoms with van der Waals surface area (Å²) in [4.78, 5) is 7.03.